The van der Waals surface area contributed by atoms with Crippen LogP contribution in [0.3, 0.4) is 0 Å². The van der Waals surface area contributed by atoms with E-state index < -0.39 is 10.8 Å². The number of imide groups is 1. The van der Waals surface area contributed by atoms with E-state index in [4.69, 9.17) is 9.47 Å². The molecule has 3 amide bonds. The average Bonchev–Trinajstić information content (AvgIpc) is 3.24. The van der Waals surface area contributed by atoms with Crippen molar-refractivity contribution in [1.82, 2.24) is 9.80 Å². The number of amides is 3. The number of methoxy groups -OCH3 is 2. The van der Waals surface area contributed by atoms with Gasteiger partial charge < -0.3 is 14.4 Å². The minimum absolute atomic E-state index is 0.103. The van der Waals surface area contributed by atoms with Gasteiger partial charge in [0, 0.05) is 25.4 Å². The second-order valence-electron chi connectivity index (χ2n) is 9.36. The summed E-state index contributed by atoms with van der Waals surface area (Å²) in [6.45, 7) is 0. The maximum Gasteiger partial charge on any atom is 0.241 e. The summed E-state index contributed by atoms with van der Waals surface area (Å²) in [5.41, 5.74) is 1.71. The molecule has 1 saturated heterocycles. The molecule has 3 aromatic rings. The molecule has 198 valence electrons. The van der Waals surface area contributed by atoms with Crippen molar-refractivity contribution in [2.45, 2.75) is 34.9 Å². The van der Waals surface area contributed by atoms with Gasteiger partial charge in [0.2, 0.25) is 17.7 Å². The summed E-state index contributed by atoms with van der Waals surface area (Å²) >= 11 is 1.31. The molecule has 0 aromatic heterocycles. The first-order valence-electron chi connectivity index (χ1n) is 12.4. The lowest BCUT2D eigenvalue weighted by atomic mass is 9.91. The maximum atomic E-state index is 14.0. The van der Waals surface area contributed by atoms with Crippen LogP contribution in [0.5, 0.6) is 11.5 Å². The summed E-state index contributed by atoms with van der Waals surface area (Å²) in [6, 6.07) is 23.5. The predicted octanol–water partition coefficient (Wildman–Crippen LogP) is 4.76. The zero-order valence-electron chi connectivity index (χ0n) is 22.0. The van der Waals surface area contributed by atoms with Gasteiger partial charge in [-0.3, -0.25) is 19.3 Å². The molecule has 0 bridgehead atoms. The van der Waals surface area contributed by atoms with Gasteiger partial charge in [-0.2, -0.15) is 0 Å². The van der Waals surface area contributed by atoms with E-state index in [0.29, 0.717) is 23.5 Å². The van der Waals surface area contributed by atoms with E-state index >= 15 is 0 Å². The predicted molar refractivity (Wildman–Crippen MR) is 147 cm³/mol. The number of nitrogens with zero attached hydrogens (tertiary/aromatic N) is 2. The van der Waals surface area contributed by atoms with E-state index in [2.05, 4.69) is 0 Å². The Morgan fingerprint density at radius 3 is 2.05 bits per heavy atom. The van der Waals surface area contributed by atoms with Crippen molar-refractivity contribution in [3.63, 3.8) is 0 Å². The van der Waals surface area contributed by atoms with Crippen LogP contribution in [-0.2, 0) is 20.8 Å². The zero-order chi connectivity index (χ0) is 27.3. The highest BCUT2D eigenvalue weighted by molar-refractivity contribution is 8.01. The Kier molecular flexibility index (Phi) is 8.42. The lowest BCUT2D eigenvalue weighted by molar-refractivity contribution is -0.144. The summed E-state index contributed by atoms with van der Waals surface area (Å²) in [6.07, 6.45) is 0.551. The second-order valence-corrected chi connectivity index (χ2v) is 10.8. The Morgan fingerprint density at radius 2 is 1.50 bits per heavy atom. The Labute approximate surface area is 227 Å². The van der Waals surface area contributed by atoms with Crippen molar-refractivity contribution in [2.24, 2.45) is 0 Å². The van der Waals surface area contributed by atoms with Gasteiger partial charge >= 0.3 is 0 Å². The maximum absolute atomic E-state index is 14.0. The van der Waals surface area contributed by atoms with Gasteiger partial charge in [-0.25, -0.2) is 0 Å². The first-order chi connectivity index (χ1) is 18.3. The number of aryl methyl sites for hydroxylation is 1. The molecule has 0 unspecified atom stereocenters. The van der Waals surface area contributed by atoms with Crippen molar-refractivity contribution in [3.8, 4) is 11.5 Å². The van der Waals surface area contributed by atoms with Crippen LogP contribution >= 0.6 is 11.8 Å². The largest absolute Gasteiger partial charge is 0.497 e. The lowest BCUT2D eigenvalue weighted by Gasteiger charge is -2.37. The molecule has 0 aliphatic carbocycles. The normalized spacial score (nSPS) is 18.8. The third kappa shape index (κ3) is 5.55. The quantitative estimate of drug-likeness (QED) is 0.396. The lowest BCUT2D eigenvalue weighted by Crippen LogP contribution is -2.48. The van der Waals surface area contributed by atoms with Gasteiger partial charge in [-0.05, 0) is 53.9 Å². The summed E-state index contributed by atoms with van der Waals surface area (Å²) in [5, 5.41) is 0. The Morgan fingerprint density at radius 1 is 0.921 bits per heavy atom. The first kappa shape index (κ1) is 27.3. The van der Waals surface area contributed by atoms with Crippen molar-refractivity contribution in [2.75, 3.05) is 28.3 Å². The van der Waals surface area contributed by atoms with Crippen LogP contribution in [0.15, 0.2) is 83.8 Å². The highest BCUT2D eigenvalue weighted by Crippen LogP contribution is 2.53. The topological polar surface area (TPSA) is 76.2 Å². The molecule has 38 heavy (non-hydrogen) atoms. The smallest absolute Gasteiger partial charge is 0.241 e. The van der Waals surface area contributed by atoms with Gasteiger partial charge in [0.1, 0.15) is 16.2 Å². The molecule has 1 aliphatic rings. The third-order valence-corrected chi connectivity index (χ3v) is 8.09. The van der Waals surface area contributed by atoms with Crippen LogP contribution in [0, 0.1) is 0 Å². The molecule has 0 N–H and O–H groups in total. The van der Waals surface area contributed by atoms with Crippen LogP contribution in [0.4, 0.5) is 0 Å². The zero-order valence-corrected chi connectivity index (χ0v) is 22.9. The highest BCUT2D eigenvalue weighted by atomic mass is 32.2. The van der Waals surface area contributed by atoms with Crippen molar-refractivity contribution < 1.29 is 23.9 Å². The average molecular weight is 533 g/mol. The number of rotatable bonds is 9. The van der Waals surface area contributed by atoms with Crippen LogP contribution in [-0.4, -0.2) is 60.6 Å². The van der Waals surface area contributed by atoms with E-state index in [9.17, 15) is 14.4 Å². The molecule has 0 radical (unpaired) electrons. The molecular weight excluding hydrogens is 500 g/mol. The number of carbonyl (C=O) groups is 3. The fourth-order valence-corrected chi connectivity index (χ4v) is 6.34. The van der Waals surface area contributed by atoms with Gasteiger partial charge in [-0.15, -0.1) is 11.8 Å². The molecule has 8 heteroatoms. The van der Waals surface area contributed by atoms with E-state index in [1.807, 2.05) is 66.7 Å². The number of benzene rings is 3. The van der Waals surface area contributed by atoms with E-state index in [-0.39, 0.29) is 30.6 Å². The Hall–Kier alpha value is -3.78. The minimum atomic E-state index is -1.26. The fourth-order valence-electron chi connectivity index (χ4n) is 4.82. The Bertz CT molecular complexity index is 1280. The van der Waals surface area contributed by atoms with Crippen LogP contribution in [0.25, 0.3) is 0 Å². The number of hydrogen-bond acceptors (Lipinski definition) is 6. The molecule has 0 spiro atoms. The monoisotopic (exact) mass is 532 g/mol. The molecule has 0 saturated carbocycles. The number of ether oxygens (including phenoxy) is 2. The standard InChI is InChI=1S/C30H32N2O5S/c1-31(2)29(35)30(38-25-17-15-24(37-4)16-18-25)20-27(34)32(26(33)19-10-21-8-6-5-7-9-21)28(30)22-11-13-23(36-3)14-12-22/h5-9,11-18,28H,10,19-20H2,1-4H3/t28-,30-/m1/s1. The highest BCUT2D eigenvalue weighted by Gasteiger charge is 2.60. The fraction of sp³-hybridized carbons (Fsp3) is 0.300. The molecule has 1 fully saturated rings. The minimum Gasteiger partial charge on any atom is -0.497 e. The molecule has 3 aromatic carbocycles. The summed E-state index contributed by atoms with van der Waals surface area (Å²) in [5.74, 6) is 0.441. The van der Waals surface area contributed by atoms with Gasteiger partial charge in [0.25, 0.3) is 0 Å². The van der Waals surface area contributed by atoms with Crippen molar-refractivity contribution in [3.05, 3.63) is 90.0 Å². The molecule has 4 rings (SSSR count). The van der Waals surface area contributed by atoms with Crippen LogP contribution in [0.2, 0.25) is 0 Å². The third-order valence-electron chi connectivity index (χ3n) is 6.68. The molecule has 1 aliphatic heterocycles. The van der Waals surface area contributed by atoms with Crippen molar-refractivity contribution in [1.29, 1.82) is 0 Å². The number of carbonyl (C=O) groups excluding carboxylic acids is 3. The number of likely N-dealkylation sites (tertiary alicyclic amines) is 1. The van der Waals surface area contributed by atoms with Crippen LogP contribution in [0.1, 0.15) is 30.0 Å². The van der Waals surface area contributed by atoms with E-state index in [0.717, 1.165) is 10.5 Å². The van der Waals surface area contributed by atoms with Crippen molar-refractivity contribution >= 4 is 29.5 Å². The summed E-state index contributed by atoms with van der Waals surface area (Å²) < 4.78 is 9.36. The first-order valence-corrected chi connectivity index (χ1v) is 13.2. The number of hydrogen-bond donors (Lipinski definition) is 0. The summed E-state index contributed by atoms with van der Waals surface area (Å²) in [7, 11) is 6.52. The molecule has 7 nitrogen and oxygen atoms in total. The van der Waals surface area contributed by atoms with E-state index in [1.165, 1.54) is 21.6 Å². The summed E-state index contributed by atoms with van der Waals surface area (Å²) in [4.78, 5) is 44.9. The van der Waals surface area contributed by atoms with Crippen LogP contribution < -0.4 is 9.47 Å². The molecule has 1 heterocycles. The second kappa shape index (κ2) is 11.7. The molecular formula is C30H32N2O5S. The van der Waals surface area contributed by atoms with E-state index in [1.54, 1.807) is 40.4 Å². The Balaban J connectivity index is 1.78. The van der Waals surface area contributed by atoms with Gasteiger partial charge in [0.15, 0.2) is 0 Å². The SMILES string of the molecule is COc1ccc(S[C@]2(C(=O)N(C)C)CC(=O)N(C(=O)CCc3ccccc3)[C@@H]2c2ccc(OC)cc2)cc1. The number of thioether (sulfide) groups is 1. The van der Waals surface area contributed by atoms with Gasteiger partial charge in [0.05, 0.1) is 26.7 Å². The van der Waals surface area contributed by atoms with Gasteiger partial charge in [-0.1, -0.05) is 42.5 Å². The molecule has 2 atom stereocenters.